The Bertz CT molecular complexity index is 705. The van der Waals surface area contributed by atoms with Gasteiger partial charge in [0.1, 0.15) is 5.76 Å². The number of allylic oxidation sites excluding steroid dienone is 1. The Labute approximate surface area is 128 Å². The van der Waals surface area contributed by atoms with Crippen molar-refractivity contribution < 1.29 is 19.4 Å². The molecule has 1 amide bonds. The van der Waals surface area contributed by atoms with Crippen molar-refractivity contribution >= 4 is 17.8 Å². The van der Waals surface area contributed by atoms with Crippen molar-refractivity contribution in [2.45, 2.75) is 32.0 Å². The topological polar surface area (TPSA) is 75.6 Å². The van der Waals surface area contributed by atoms with Crippen LogP contribution in [0.25, 0.3) is 6.08 Å². The average Bonchev–Trinajstić information content (AvgIpc) is 2.92. The highest BCUT2D eigenvalue weighted by Gasteiger charge is 2.64. The number of hydrogen-bond acceptors (Lipinski definition) is 4. The van der Waals surface area contributed by atoms with Gasteiger partial charge in [0.25, 0.3) is 11.5 Å². The predicted octanol–water partition coefficient (Wildman–Crippen LogP) is 1.54. The molecule has 1 saturated heterocycles. The first-order valence-electron chi connectivity index (χ1n) is 7.20. The molecule has 2 heterocycles. The fraction of sp³-hybridized carbons (Fsp3) is 0.294. The molecule has 0 aliphatic carbocycles. The first-order valence-corrected chi connectivity index (χ1v) is 7.20. The van der Waals surface area contributed by atoms with E-state index in [9.17, 15) is 14.7 Å². The van der Waals surface area contributed by atoms with Gasteiger partial charge in [-0.05, 0) is 18.6 Å². The van der Waals surface area contributed by atoms with E-state index in [1.54, 1.807) is 13.0 Å². The number of nitrogens with one attached hydrogen (secondary N) is 1. The van der Waals surface area contributed by atoms with Gasteiger partial charge in [0, 0.05) is 12.0 Å². The minimum absolute atomic E-state index is 0.273. The number of rotatable bonds is 2. The summed E-state index contributed by atoms with van der Waals surface area (Å²) in [6.45, 7) is 3.46. The number of ether oxygens (including phenoxy) is 1. The summed E-state index contributed by atoms with van der Waals surface area (Å²) >= 11 is 0. The van der Waals surface area contributed by atoms with Gasteiger partial charge in [-0.2, -0.15) is 0 Å². The van der Waals surface area contributed by atoms with Gasteiger partial charge in [0.2, 0.25) is 5.78 Å². The Morgan fingerprint density at radius 1 is 1.32 bits per heavy atom. The zero-order valence-electron chi connectivity index (χ0n) is 12.4. The Kier molecular flexibility index (Phi) is 3.37. The fourth-order valence-electron chi connectivity index (χ4n) is 2.87. The molecule has 0 bridgehead atoms. The van der Waals surface area contributed by atoms with Crippen LogP contribution in [-0.2, 0) is 14.3 Å². The molecular formula is C17H17NO4. The van der Waals surface area contributed by atoms with E-state index in [0.717, 1.165) is 5.56 Å². The predicted molar refractivity (Wildman–Crippen MR) is 80.4 cm³/mol. The van der Waals surface area contributed by atoms with Crippen LogP contribution in [0.3, 0.4) is 0 Å². The lowest BCUT2D eigenvalue weighted by Crippen LogP contribution is -2.51. The average molecular weight is 299 g/mol. The van der Waals surface area contributed by atoms with Crippen LogP contribution in [0.15, 0.2) is 47.4 Å². The number of carbonyl (C=O) groups excluding carboxylic acids is 2. The number of aliphatic hydroxyl groups excluding tert-OH is 1. The van der Waals surface area contributed by atoms with Crippen molar-refractivity contribution in [2.24, 2.45) is 0 Å². The van der Waals surface area contributed by atoms with Crippen LogP contribution in [0.4, 0.5) is 0 Å². The number of benzene rings is 1. The molecule has 2 aliphatic rings. The molecule has 2 aliphatic heterocycles. The number of amides is 1. The molecule has 0 unspecified atom stereocenters. The van der Waals surface area contributed by atoms with E-state index in [0.29, 0.717) is 17.8 Å². The molecule has 0 radical (unpaired) electrons. The van der Waals surface area contributed by atoms with Crippen LogP contribution in [0.5, 0.6) is 0 Å². The summed E-state index contributed by atoms with van der Waals surface area (Å²) in [6.07, 6.45) is 0.802. The van der Waals surface area contributed by atoms with Gasteiger partial charge in [-0.15, -0.1) is 0 Å². The van der Waals surface area contributed by atoms with E-state index in [-0.39, 0.29) is 5.70 Å². The first-order chi connectivity index (χ1) is 10.5. The van der Waals surface area contributed by atoms with E-state index in [2.05, 4.69) is 5.32 Å². The molecule has 0 aromatic heterocycles. The standard InChI is InChI=1S/C17H17NO4/c1-3-13-10(2)14(19)17(22-13)15(20)12(18-16(17)21)9-11-7-5-4-6-8-11/h4-9,15,20H,3H2,1-2H3,(H,18,21)/b12-9-/t15-,17+/m0/s1. The zero-order chi connectivity index (χ0) is 15.9. The van der Waals surface area contributed by atoms with Crippen LogP contribution in [0, 0.1) is 0 Å². The minimum Gasteiger partial charge on any atom is -0.470 e. The Morgan fingerprint density at radius 2 is 2.00 bits per heavy atom. The number of ketones is 1. The molecular weight excluding hydrogens is 282 g/mol. The molecule has 1 aromatic carbocycles. The highest BCUT2D eigenvalue weighted by molar-refractivity contribution is 6.21. The quantitative estimate of drug-likeness (QED) is 0.812. The van der Waals surface area contributed by atoms with E-state index < -0.39 is 23.4 Å². The van der Waals surface area contributed by atoms with Gasteiger partial charge in [-0.1, -0.05) is 37.3 Å². The van der Waals surface area contributed by atoms with E-state index in [1.807, 2.05) is 37.3 Å². The summed E-state index contributed by atoms with van der Waals surface area (Å²) in [4.78, 5) is 24.8. The monoisotopic (exact) mass is 299 g/mol. The van der Waals surface area contributed by atoms with Gasteiger partial charge in [-0.3, -0.25) is 9.59 Å². The smallest absolute Gasteiger partial charge is 0.279 e. The summed E-state index contributed by atoms with van der Waals surface area (Å²) < 4.78 is 5.60. The Hall–Kier alpha value is -2.40. The molecule has 5 heteroatoms. The maximum absolute atomic E-state index is 12.5. The molecule has 2 atom stereocenters. The Morgan fingerprint density at radius 3 is 2.59 bits per heavy atom. The molecule has 2 N–H and O–H groups in total. The molecule has 5 nitrogen and oxygen atoms in total. The second kappa shape index (κ2) is 5.10. The molecule has 1 spiro atoms. The van der Waals surface area contributed by atoms with Gasteiger partial charge in [-0.25, -0.2) is 0 Å². The summed E-state index contributed by atoms with van der Waals surface area (Å²) in [7, 11) is 0. The van der Waals surface area contributed by atoms with Crippen LogP contribution < -0.4 is 5.32 Å². The van der Waals surface area contributed by atoms with E-state index in [1.165, 1.54) is 0 Å². The lowest BCUT2D eigenvalue weighted by Gasteiger charge is -2.23. The van der Waals surface area contributed by atoms with Crippen molar-refractivity contribution in [1.29, 1.82) is 0 Å². The maximum Gasteiger partial charge on any atom is 0.279 e. The molecule has 1 aromatic rings. The minimum atomic E-state index is -1.87. The largest absolute Gasteiger partial charge is 0.470 e. The van der Waals surface area contributed by atoms with Gasteiger partial charge < -0.3 is 15.2 Å². The van der Waals surface area contributed by atoms with Gasteiger partial charge in [0.15, 0.2) is 6.10 Å². The van der Waals surface area contributed by atoms with Crippen molar-refractivity contribution in [3.05, 3.63) is 52.9 Å². The number of hydrogen-bond donors (Lipinski definition) is 2. The lowest BCUT2D eigenvalue weighted by atomic mass is 9.90. The number of aliphatic hydroxyl groups is 1. The third-order valence-electron chi connectivity index (χ3n) is 4.10. The zero-order valence-corrected chi connectivity index (χ0v) is 12.4. The van der Waals surface area contributed by atoms with Crippen LogP contribution >= 0.6 is 0 Å². The number of carbonyl (C=O) groups is 2. The summed E-state index contributed by atoms with van der Waals surface area (Å²) in [5.41, 5.74) is -0.372. The SMILES string of the molecule is CCC1=C(C)C(=O)[C@]2(O1)C(=O)N/C(=C\c1ccccc1)[C@@H]2O. The van der Waals surface area contributed by atoms with Crippen molar-refractivity contribution in [3.63, 3.8) is 0 Å². The van der Waals surface area contributed by atoms with E-state index in [4.69, 9.17) is 4.74 Å². The lowest BCUT2D eigenvalue weighted by molar-refractivity contribution is -0.152. The van der Waals surface area contributed by atoms with E-state index >= 15 is 0 Å². The maximum atomic E-state index is 12.5. The third kappa shape index (κ3) is 1.89. The molecule has 3 rings (SSSR count). The Balaban J connectivity index is 1.99. The van der Waals surface area contributed by atoms with Crippen LogP contribution in [0.2, 0.25) is 0 Å². The number of Topliss-reactive ketones (excluding diaryl/α,β-unsaturated/α-hetero) is 1. The fourth-order valence-corrected chi connectivity index (χ4v) is 2.87. The summed E-state index contributed by atoms with van der Waals surface area (Å²) in [5, 5.41) is 13.1. The normalized spacial score (nSPS) is 29.4. The third-order valence-corrected chi connectivity index (χ3v) is 4.10. The van der Waals surface area contributed by atoms with Gasteiger partial charge in [0.05, 0.1) is 5.70 Å². The molecule has 114 valence electrons. The second-order valence-electron chi connectivity index (χ2n) is 5.44. The van der Waals surface area contributed by atoms with Gasteiger partial charge >= 0.3 is 0 Å². The first kappa shape index (κ1) is 14.5. The summed E-state index contributed by atoms with van der Waals surface area (Å²) in [6, 6.07) is 9.26. The second-order valence-corrected chi connectivity index (χ2v) is 5.44. The van der Waals surface area contributed by atoms with Crippen LogP contribution in [0.1, 0.15) is 25.8 Å². The molecule has 22 heavy (non-hydrogen) atoms. The highest BCUT2D eigenvalue weighted by Crippen LogP contribution is 2.40. The molecule has 0 saturated carbocycles. The molecule has 1 fully saturated rings. The summed E-state index contributed by atoms with van der Waals surface area (Å²) in [5.74, 6) is -0.624. The van der Waals surface area contributed by atoms with Crippen LogP contribution in [-0.4, -0.2) is 28.5 Å². The highest BCUT2D eigenvalue weighted by atomic mass is 16.5. The van der Waals surface area contributed by atoms with Crippen molar-refractivity contribution in [1.82, 2.24) is 5.32 Å². The van der Waals surface area contributed by atoms with Crippen molar-refractivity contribution in [2.75, 3.05) is 0 Å². The van der Waals surface area contributed by atoms with Crippen molar-refractivity contribution in [3.8, 4) is 0 Å².